The van der Waals surface area contributed by atoms with Gasteiger partial charge in [-0.15, -0.1) is 0 Å². The number of aliphatic hydroxyl groups is 1. The molecular formula is C29H34N4O5. The van der Waals surface area contributed by atoms with Gasteiger partial charge in [-0.3, -0.25) is 19.7 Å². The second-order valence-corrected chi connectivity index (χ2v) is 12.2. The number of hydrogen-bond donors (Lipinski definition) is 1. The van der Waals surface area contributed by atoms with Gasteiger partial charge in [0.25, 0.3) is 11.2 Å². The number of aromatic nitrogens is 1. The van der Waals surface area contributed by atoms with Crippen molar-refractivity contribution in [2.24, 2.45) is 17.8 Å². The minimum atomic E-state index is -0.660. The molecule has 4 aliphatic heterocycles. The van der Waals surface area contributed by atoms with Gasteiger partial charge in [-0.05, 0) is 55.7 Å². The van der Waals surface area contributed by atoms with Crippen LogP contribution in [-0.4, -0.2) is 56.7 Å². The minimum absolute atomic E-state index is 0.00738. The highest BCUT2D eigenvalue weighted by atomic mass is 16.6. The molecule has 9 nitrogen and oxygen atoms in total. The van der Waals surface area contributed by atoms with E-state index in [9.17, 15) is 24.8 Å². The summed E-state index contributed by atoms with van der Waals surface area (Å²) in [6.07, 6.45) is 5.89. The lowest BCUT2D eigenvalue weighted by molar-refractivity contribution is -0.384. The SMILES string of the molecule is O=C([C@@H]1Cc2cc([N+](=O)[O-])ccc2N2C[C@@H]3C[C@@H](Cn4c3cccc4=O)[C@@H]12)N1CCC2(O)CCCCC2C1. The molecule has 5 heterocycles. The van der Waals surface area contributed by atoms with Gasteiger partial charge in [-0.25, -0.2) is 0 Å². The first-order valence-corrected chi connectivity index (χ1v) is 14.1. The molecule has 2 bridgehead atoms. The highest BCUT2D eigenvalue weighted by Crippen LogP contribution is 2.49. The number of rotatable bonds is 2. The number of non-ortho nitro benzene ring substituents is 1. The van der Waals surface area contributed by atoms with Gasteiger partial charge in [-0.1, -0.05) is 18.9 Å². The number of fused-ring (bicyclic) bond motifs is 9. The zero-order valence-electron chi connectivity index (χ0n) is 21.5. The summed E-state index contributed by atoms with van der Waals surface area (Å²) in [5, 5.41) is 22.8. The van der Waals surface area contributed by atoms with Crippen molar-refractivity contribution in [3.63, 3.8) is 0 Å². The predicted molar refractivity (Wildman–Crippen MR) is 141 cm³/mol. The standard InChI is InChI=1S/C29H34N4O5/c34-26-6-3-5-24-19-12-20(16-31(24)26)27-23(14-18-13-22(33(37)38)7-8-25(18)32(27)15-19)28(35)30-11-10-29(36)9-2-1-4-21(29)17-30/h3,5-8,13,19-21,23,27,36H,1-2,4,9-12,14-17H2/t19-,20-,21?,23+,27-,29?/m0/s1. The molecule has 1 N–H and O–H groups in total. The third kappa shape index (κ3) is 3.61. The number of anilines is 1. The van der Waals surface area contributed by atoms with Crippen LogP contribution in [0.2, 0.25) is 0 Å². The molecule has 38 heavy (non-hydrogen) atoms. The van der Waals surface area contributed by atoms with Gasteiger partial charge < -0.3 is 19.5 Å². The maximum atomic E-state index is 14.3. The first-order valence-electron chi connectivity index (χ1n) is 14.1. The fourth-order valence-corrected chi connectivity index (χ4v) is 8.44. The summed E-state index contributed by atoms with van der Waals surface area (Å²) in [6.45, 7) is 2.39. The number of carbonyl (C=O) groups is 1. The Kier molecular flexibility index (Phi) is 5.44. The molecule has 1 aromatic heterocycles. The second-order valence-electron chi connectivity index (χ2n) is 12.2. The molecule has 1 aromatic carbocycles. The normalized spacial score (nSPS) is 33.4. The van der Waals surface area contributed by atoms with Crippen LogP contribution < -0.4 is 10.5 Å². The lowest BCUT2D eigenvalue weighted by Crippen LogP contribution is -2.63. The van der Waals surface area contributed by atoms with E-state index in [0.717, 1.165) is 49.0 Å². The Balaban J connectivity index is 1.27. The molecule has 0 spiro atoms. The van der Waals surface area contributed by atoms with Crippen molar-refractivity contribution in [1.82, 2.24) is 9.47 Å². The van der Waals surface area contributed by atoms with E-state index in [1.54, 1.807) is 18.2 Å². The summed E-state index contributed by atoms with van der Waals surface area (Å²) in [6, 6.07) is 10.5. The Morgan fingerprint density at radius 3 is 2.82 bits per heavy atom. The van der Waals surface area contributed by atoms with Crippen molar-refractivity contribution in [2.75, 3.05) is 24.5 Å². The molecule has 1 amide bonds. The van der Waals surface area contributed by atoms with Crippen molar-refractivity contribution in [2.45, 2.75) is 69.1 Å². The van der Waals surface area contributed by atoms with Crippen LogP contribution >= 0.6 is 0 Å². The van der Waals surface area contributed by atoms with Gasteiger partial charge >= 0.3 is 0 Å². The number of pyridine rings is 1. The largest absolute Gasteiger partial charge is 0.389 e. The quantitative estimate of drug-likeness (QED) is 0.484. The maximum absolute atomic E-state index is 14.3. The Labute approximate surface area is 221 Å². The van der Waals surface area contributed by atoms with Gasteiger partial charge in [0.15, 0.2) is 0 Å². The van der Waals surface area contributed by atoms with Crippen LogP contribution in [0, 0.1) is 27.9 Å². The number of nitrogens with zero attached hydrogens (tertiary/aromatic N) is 4. The molecule has 2 unspecified atom stereocenters. The molecule has 200 valence electrons. The van der Waals surface area contributed by atoms with Crippen LogP contribution in [0.5, 0.6) is 0 Å². The Morgan fingerprint density at radius 2 is 1.97 bits per heavy atom. The van der Waals surface area contributed by atoms with E-state index in [4.69, 9.17) is 0 Å². The predicted octanol–water partition coefficient (Wildman–Crippen LogP) is 3.07. The second kappa shape index (κ2) is 8.66. The van der Waals surface area contributed by atoms with Gasteiger partial charge in [0.05, 0.1) is 16.4 Å². The van der Waals surface area contributed by atoms with Crippen LogP contribution in [0.25, 0.3) is 0 Å². The molecule has 9 heteroatoms. The Hall–Kier alpha value is -3.20. The van der Waals surface area contributed by atoms with Crippen molar-refractivity contribution >= 4 is 17.3 Å². The van der Waals surface area contributed by atoms with Crippen molar-refractivity contribution in [3.8, 4) is 0 Å². The van der Waals surface area contributed by atoms with Crippen LogP contribution in [0.1, 0.15) is 55.7 Å². The van der Waals surface area contributed by atoms with Crippen LogP contribution in [0.15, 0.2) is 41.2 Å². The molecule has 0 radical (unpaired) electrons. The maximum Gasteiger partial charge on any atom is 0.269 e. The van der Waals surface area contributed by atoms with Gasteiger partial charge in [0.1, 0.15) is 0 Å². The number of hydrogen-bond acceptors (Lipinski definition) is 6. The average molecular weight is 519 g/mol. The van der Waals surface area contributed by atoms with E-state index in [-0.39, 0.29) is 51.8 Å². The topological polar surface area (TPSA) is 109 Å². The molecule has 6 atom stereocenters. The van der Waals surface area contributed by atoms with Gasteiger partial charge in [0, 0.05) is 73.6 Å². The number of carbonyl (C=O) groups excluding carboxylic acids is 1. The number of nitro benzene ring substituents is 1. The highest BCUT2D eigenvalue weighted by molar-refractivity contribution is 5.83. The van der Waals surface area contributed by atoms with E-state index < -0.39 is 5.60 Å². The zero-order valence-corrected chi connectivity index (χ0v) is 21.5. The summed E-state index contributed by atoms with van der Waals surface area (Å²) in [5.41, 5.74) is 2.27. The first kappa shape index (κ1) is 23.9. The fraction of sp³-hybridized carbons (Fsp3) is 0.586. The molecule has 5 aliphatic rings. The summed E-state index contributed by atoms with van der Waals surface area (Å²) in [5.74, 6) is 0.164. The van der Waals surface area contributed by atoms with E-state index in [1.807, 2.05) is 27.7 Å². The van der Waals surface area contributed by atoms with Crippen molar-refractivity contribution < 1.29 is 14.8 Å². The number of benzene rings is 1. The number of nitro groups is 1. The third-order valence-electron chi connectivity index (χ3n) is 10.3. The summed E-state index contributed by atoms with van der Waals surface area (Å²) >= 11 is 0. The molecular weight excluding hydrogens is 484 g/mol. The molecule has 7 rings (SSSR count). The average Bonchev–Trinajstić information content (AvgIpc) is 2.92. The van der Waals surface area contributed by atoms with E-state index in [1.165, 1.54) is 0 Å². The van der Waals surface area contributed by atoms with Crippen LogP contribution in [0.4, 0.5) is 11.4 Å². The first-order chi connectivity index (χ1) is 18.3. The Morgan fingerprint density at radius 1 is 1.11 bits per heavy atom. The number of amides is 1. The zero-order chi connectivity index (χ0) is 26.2. The van der Waals surface area contributed by atoms with E-state index in [2.05, 4.69) is 4.90 Å². The number of piperidine rings is 2. The lowest BCUT2D eigenvalue weighted by atomic mass is 9.68. The Bertz CT molecular complexity index is 1370. The smallest absolute Gasteiger partial charge is 0.269 e. The molecule has 2 saturated heterocycles. The molecule has 1 saturated carbocycles. The van der Waals surface area contributed by atoms with Crippen LogP contribution in [-0.2, 0) is 17.8 Å². The van der Waals surface area contributed by atoms with E-state index >= 15 is 0 Å². The number of likely N-dealkylation sites (tertiary alicyclic amines) is 1. The summed E-state index contributed by atoms with van der Waals surface area (Å²) in [7, 11) is 0. The minimum Gasteiger partial charge on any atom is -0.389 e. The summed E-state index contributed by atoms with van der Waals surface area (Å²) < 4.78 is 1.89. The van der Waals surface area contributed by atoms with Gasteiger partial charge in [0.2, 0.25) is 5.91 Å². The lowest BCUT2D eigenvalue weighted by Gasteiger charge is -2.55. The molecule has 1 aliphatic carbocycles. The molecule has 3 fully saturated rings. The monoisotopic (exact) mass is 518 g/mol. The van der Waals surface area contributed by atoms with Crippen molar-refractivity contribution in [3.05, 3.63) is 68.1 Å². The van der Waals surface area contributed by atoms with Crippen molar-refractivity contribution in [1.29, 1.82) is 0 Å². The summed E-state index contributed by atoms with van der Waals surface area (Å²) in [4.78, 5) is 42.6. The van der Waals surface area contributed by atoms with Crippen LogP contribution in [0.3, 0.4) is 0 Å². The third-order valence-corrected chi connectivity index (χ3v) is 10.3. The fourth-order valence-electron chi connectivity index (χ4n) is 8.44. The molecule has 2 aromatic rings. The van der Waals surface area contributed by atoms with E-state index in [0.29, 0.717) is 39.0 Å². The van der Waals surface area contributed by atoms with Gasteiger partial charge in [-0.2, -0.15) is 0 Å². The highest BCUT2D eigenvalue weighted by Gasteiger charge is 2.51.